The molecule has 1 aromatic carbocycles. The molecule has 0 heterocycles. The molecule has 1 rings (SSSR count). The van der Waals surface area contributed by atoms with E-state index in [1.807, 2.05) is 0 Å². The maximum absolute atomic E-state index is 13.7. The molecule has 1 unspecified atom stereocenters. The second-order valence-electron chi connectivity index (χ2n) is 3.67. The van der Waals surface area contributed by atoms with Crippen LogP contribution in [0.25, 0.3) is 0 Å². The molecule has 0 saturated carbocycles. The average molecular weight is 355 g/mol. The predicted molar refractivity (Wildman–Crippen MR) is 75.3 cm³/mol. The Balaban J connectivity index is 3.25. The van der Waals surface area contributed by atoms with Gasteiger partial charge in [-0.3, -0.25) is 0 Å². The van der Waals surface area contributed by atoms with Gasteiger partial charge in [-0.15, -0.1) is 0 Å². The molecule has 100 valence electrons. The van der Waals surface area contributed by atoms with Crippen molar-refractivity contribution in [1.29, 1.82) is 0 Å². The number of halogens is 2. The summed E-state index contributed by atoms with van der Waals surface area (Å²) in [5.41, 5.74) is 5.40. The molecular formula is C10H12BrFN2O2S2. The number of nitrogens with two attached hydrogens (primary N) is 1. The molecule has 0 radical (unpaired) electrons. The fourth-order valence-electron chi connectivity index (χ4n) is 1.23. The lowest BCUT2D eigenvalue weighted by molar-refractivity contribution is 0.446. The van der Waals surface area contributed by atoms with E-state index >= 15 is 0 Å². The maximum Gasteiger partial charge on any atom is 0.246 e. The van der Waals surface area contributed by atoms with Gasteiger partial charge in [-0.05, 0) is 25.1 Å². The third-order valence-electron chi connectivity index (χ3n) is 2.51. The zero-order valence-corrected chi connectivity index (χ0v) is 12.9. The van der Waals surface area contributed by atoms with E-state index in [9.17, 15) is 12.8 Å². The normalized spacial score (nSPS) is 13.6. The second kappa shape index (κ2) is 5.60. The molecule has 0 aliphatic heterocycles. The van der Waals surface area contributed by atoms with E-state index in [4.69, 9.17) is 18.0 Å². The van der Waals surface area contributed by atoms with Crippen LogP contribution in [0.4, 0.5) is 4.39 Å². The molecule has 1 atom stereocenters. The molecule has 0 fully saturated rings. The number of likely N-dealkylation sites (N-methyl/N-ethyl adjacent to an activating group) is 1. The van der Waals surface area contributed by atoms with Crippen molar-refractivity contribution in [2.24, 2.45) is 5.73 Å². The van der Waals surface area contributed by atoms with E-state index < -0.39 is 26.8 Å². The highest BCUT2D eigenvalue weighted by Gasteiger charge is 2.29. The average Bonchev–Trinajstić information content (AvgIpc) is 2.26. The maximum atomic E-state index is 13.7. The van der Waals surface area contributed by atoms with Gasteiger partial charge in [0.25, 0.3) is 0 Å². The lowest BCUT2D eigenvalue weighted by Gasteiger charge is -2.23. The van der Waals surface area contributed by atoms with Crippen LogP contribution in [0.2, 0.25) is 0 Å². The van der Waals surface area contributed by atoms with Crippen LogP contribution >= 0.6 is 28.1 Å². The van der Waals surface area contributed by atoms with Gasteiger partial charge in [0.15, 0.2) is 0 Å². The Hall–Kier alpha value is -0.570. The van der Waals surface area contributed by atoms with Crippen LogP contribution in [0.1, 0.15) is 6.92 Å². The minimum Gasteiger partial charge on any atom is -0.392 e. The third kappa shape index (κ3) is 3.05. The number of benzene rings is 1. The summed E-state index contributed by atoms with van der Waals surface area (Å²) in [4.78, 5) is -0.380. The first-order valence-electron chi connectivity index (χ1n) is 4.90. The van der Waals surface area contributed by atoms with Crippen molar-refractivity contribution < 1.29 is 12.8 Å². The lowest BCUT2D eigenvalue weighted by atomic mass is 10.3. The molecule has 0 aliphatic carbocycles. The van der Waals surface area contributed by atoms with Gasteiger partial charge in [0.1, 0.15) is 10.7 Å². The predicted octanol–water partition coefficient (Wildman–Crippen LogP) is 1.88. The first-order valence-corrected chi connectivity index (χ1v) is 7.54. The molecule has 0 amide bonds. The quantitative estimate of drug-likeness (QED) is 0.838. The smallest absolute Gasteiger partial charge is 0.246 e. The molecular weight excluding hydrogens is 343 g/mol. The summed E-state index contributed by atoms with van der Waals surface area (Å²) in [5.74, 6) is -0.827. The molecule has 0 aliphatic rings. The first-order chi connectivity index (χ1) is 8.17. The number of hydrogen-bond acceptors (Lipinski definition) is 3. The number of sulfonamides is 1. The SMILES string of the molecule is CC(C(N)=S)N(C)S(=O)(=O)c1ccc(Br)cc1F. The molecule has 0 saturated heterocycles. The van der Waals surface area contributed by atoms with Gasteiger partial charge in [0, 0.05) is 11.5 Å². The molecule has 4 nitrogen and oxygen atoms in total. The third-order valence-corrected chi connectivity index (χ3v) is 5.30. The lowest BCUT2D eigenvalue weighted by Crippen LogP contribution is -2.42. The summed E-state index contributed by atoms with van der Waals surface area (Å²) in [5, 5.41) is 0. The van der Waals surface area contributed by atoms with Crippen LogP contribution in [0.5, 0.6) is 0 Å². The van der Waals surface area contributed by atoms with Crippen LogP contribution in [-0.4, -0.2) is 30.8 Å². The Morgan fingerprint density at radius 1 is 1.56 bits per heavy atom. The number of thiocarbonyl (C=S) groups is 1. The largest absolute Gasteiger partial charge is 0.392 e. The van der Waals surface area contributed by atoms with E-state index in [1.54, 1.807) is 0 Å². The monoisotopic (exact) mass is 354 g/mol. The minimum atomic E-state index is -3.96. The van der Waals surface area contributed by atoms with Gasteiger partial charge in [0.2, 0.25) is 10.0 Å². The molecule has 8 heteroatoms. The highest BCUT2D eigenvalue weighted by Crippen LogP contribution is 2.23. The molecule has 0 spiro atoms. The fraction of sp³-hybridized carbons (Fsp3) is 0.300. The van der Waals surface area contributed by atoms with Crippen LogP contribution in [0, 0.1) is 5.82 Å². The zero-order chi connectivity index (χ0) is 14.1. The van der Waals surface area contributed by atoms with Gasteiger partial charge in [-0.2, -0.15) is 4.31 Å². The van der Waals surface area contributed by atoms with Gasteiger partial charge in [-0.25, -0.2) is 12.8 Å². The van der Waals surface area contributed by atoms with Crippen molar-refractivity contribution in [1.82, 2.24) is 4.31 Å². The van der Waals surface area contributed by atoms with Crippen molar-refractivity contribution in [3.05, 3.63) is 28.5 Å². The summed E-state index contributed by atoms with van der Waals surface area (Å²) in [7, 11) is -2.65. The number of nitrogens with zero attached hydrogens (tertiary/aromatic N) is 1. The molecule has 2 N–H and O–H groups in total. The van der Waals surface area contributed by atoms with E-state index in [2.05, 4.69) is 15.9 Å². The highest BCUT2D eigenvalue weighted by atomic mass is 79.9. The van der Waals surface area contributed by atoms with Crippen molar-refractivity contribution >= 4 is 43.2 Å². The number of hydrogen-bond donors (Lipinski definition) is 1. The number of rotatable bonds is 4. The minimum absolute atomic E-state index is 0.0265. The Kier molecular flexibility index (Phi) is 4.82. The van der Waals surface area contributed by atoms with Gasteiger partial charge < -0.3 is 5.73 Å². The van der Waals surface area contributed by atoms with Crippen LogP contribution in [-0.2, 0) is 10.0 Å². The van der Waals surface area contributed by atoms with E-state index in [1.165, 1.54) is 26.1 Å². The molecule has 0 aromatic heterocycles. The summed E-state index contributed by atoms with van der Waals surface area (Å²) >= 11 is 7.80. The Labute approximate surface area is 119 Å². The summed E-state index contributed by atoms with van der Waals surface area (Å²) in [6, 6.07) is 3.05. The van der Waals surface area contributed by atoms with Crippen LogP contribution in [0.15, 0.2) is 27.6 Å². The van der Waals surface area contributed by atoms with Crippen molar-refractivity contribution in [3.8, 4) is 0 Å². The van der Waals surface area contributed by atoms with Crippen molar-refractivity contribution in [2.45, 2.75) is 17.9 Å². The van der Waals surface area contributed by atoms with Gasteiger partial charge >= 0.3 is 0 Å². The van der Waals surface area contributed by atoms with E-state index in [-0.39, 0.29) is 4.99 Å². The Morgan fingerprint density at radius 3 is 2.56 bits per heavy atom. The molecule has 18 heavy (non-hydrogen) atoms. The van der Waals surface area contributed by atoms with E-state index in [0.717, 1.165) is 10.4 Å². The second-order valence-corrected chi connectivity index (χ2v) is 7.03. The summed E-state index contributed by atoms with van der Waals surface area (Å²) in [6.45, 7) is 1.54. The summed E-state index contributed by atoms with van der Waals surface area (Å²) < 4.78 is 39.4. The Morgan fingerprint density at radius 2 is 2.11 bits per heavy atom. The van der Waals surface area contributed by atoms with E-state index in [0.29, 0.717) is 4.47 Å². The topological polar surface area (TPSA) is 63.4 Å². The zero-order valence-electron chi connectivity index (χ0n) is 9.72. The van der Waals surface area contributed by atoms with Crippen LogP contribution in [0.3, 0.4) is 0 Å². The Bertz CT molecular complexity index is 577. The highest BCUT2D eigenvalue weighted by molar-refractivity contribution is 9.10. The summed E-state index contributed by atoms with van der Waals surface area (Å²) in [6.07, 6.45) is 0. The fourth-order valence-corrected chi connectivity index (χ4v) is 3.17. The van der Waals surface area contributed by atoms with Crippen molar-refractivity contribution in [2.75, 3.05) is 7.05 Å². The molecule has 1 aromatic rings. The van der Waals surface area contributed by atoms with Crippen molar-refractivity contribution in [3.63, 3.8) is 0 Å². The molecule has 0 bridgehead atoms. The first kappa shape index (κ1) is 15.5. The standard InChI is InChI=1S/C10H12BrFN2O2S2/c1-6(10(13)17)14(2)18(15,16)9-4-3-7(11)5-8(9)12/h3-6H,1-2H3,(H2,13,17). The van der Waals surface area contributed by atoms with Gasteiger partial charge in [-0.1, -0.05) is 28.1 Å². The van der Waals surface area contributed by atoms with Gasteiger partial charge in [0.05, 0.1) is 11.0 Å². The van der Waals surface area contributed by atoms with Crippen LogP contribution < -0.4 is 5.73 Å².